The van der Waals surface area contributed by atoms with Crippen LogP contribution in [0.2, 0.25) is 0 Å². The molecule has 0 saturated heterocycles. The van der Waals surface area contributed by atoms with Crippen LogP contribution in [0.25, 0.3) is 10.7 Å². The maximum absolute atomic E-state index is 10.1. The molecule has 0 aliphatic carbocycles. The zero-order valence-corrected chi connectivity index (χ0v) is 12.0. The minimum atomic E-state index is -1.05. The molecule has 0 unspecified atom stereocenters. The van der Waals surface area contributed by atoms with E-state index in [1.54, 1.807) is 6.92 Å². The predicted octanol–water partition coefficient (Wildman–Crippen LogP) is 3.57. The minimum Gasteiger partial charge on any atom is -0.380 e. The molecule has 0 amide bonds. The third-order valence-electron chi connectivity index (χ3n) is 2.42. The molecule has 0 spiro atoms. The lowest BCUT2D eigenvalue weighted by Gasteiger charge is -2.16. The molecular formula is C11H13BrN2O2S. The lowest BCUT2D eigenvalue weighted by molar-refractivity contribution is 0.0138. The van der Waals surface area contributed by atoms with Gasteiger partial charge in [0.2, 0.25) is 5.82 Å². The lowest BCUT2D eigenvalue weighted by Crippen LogP contribution is -2.21. The van der Waals surface area contributed by atoms with E-state index in [0.717, 1.165) is 15.1 Å². The molecule has 2 rings (SSSR count). The maximum atomic E-state index is 10.1. The molecule has 1 N–H and O–H groups in total. The fourth-order valence-electron chi connectivity index (χ4n) is 1.57. The number of hydrogen-bond acceptors (Lipinski definition) is 5. The topological polar surface area (TPSA) is 59.2 Å². The summed E-state index contributed by atoms with van der Waals surface area (Å²) in [6, 6.07) is 3.85. The second-order valence-corrected chi connectivity index (χ2v) is 6.51. The van der Waals surface area contributed by atoms with E-state index < -0.39 is 5.60 Å². The smallest absolute Gasteiger partial charge is 0.258 e. The molecule has 0 radical (unpaired) electrons. The summed E-state index contributed by atoms with van der Waals surface area (Å²) in [5, 5.41) is 14.0. The molecule has 2 aromatic heterocycles. The van der Waals surface area contributed by atoms with Crippen LogP contribution >= 0.6 is 27.3 Å². The Morgan fingerprint density at radius 2 is 2.29 bits per heavy atom. The van der Waals surface area contributed by atoms with Crippen molar-refractivity contribution in [1.29, 1.82) is 0 Å². The second-order valence-electron chi connectivity index (χ2n) is 4.05. The van der Waals surface area contributed by atoms with Gasteiger partial charge in [-0.05, 0) is 41.4 Å². The highest BCUT2D eigenvalue weighted by atomic mass is 79.9. The van der Waals surface area contributed by atoms with Crippen molar-refractivity contribution in [2.75, 3.05) is 0 Å². The van der Waals surface area contributed by atoms with Crippen molar-refractivity contribution < 1.29 is 9.63 Å². The van der Waals surface area contributed by atoms with Crippen LogP contribution in [0, 0.1) is 0 Å². The molecule has 1 atom stereocenters. The summed E-state index contributed by atoms with van der Waals surface area (Å²) >= 11 is 4.91. The molecule has 92 valence electrons. The van der Waals surface area contributed by atoms with E-state index in [9.17, 15) is 5.11 Å². The van der Waals surface area contributed by atoms with Crippen molar-refractivity contribution in [1.82, 2.24) is 10.1 Å². The van der Waals surface area contributed by atoms with Gasteiger partial charge in [-0.1, -0.05) is 18.5 Å². The molecule has 2 aromatic rings. The summed E-state index contributed by atoms with van der Waals surface area (Å²) < 4.78 is 6.14. The van der Waals surface area contributed by atoms with Crippen LogP contribution in [0.1, 0.15) is 32.6 Å². The Balaban J connectivity index is 2.27. The lowest BCUT2D eigenvalue weighted by atomic mass is 10.0. The summed E-state index contributed by atoms with van der Waals surface area (Å²) in [5.41, 5.74) is -1.05. The van der Waals surface area contributed by atoms with Gasteiger partial charge in [0.15, 0.2) is 0 Å². The van der Waals surface area contributed by atoms with Gasteiger partial charge in [0.05, 0.1) is 8.66 Å². The van der Waals surface area contributed by atoms with Gasteiger partial charge in [-0.15, -0.1) is 11.3 Å². The fraction of sp³-hybridized carbons (Fsp3) is 0.455. The Kier molecular flexibility index (Phi) is 3.65. The second kappa shape index (κ2) is 4.88. The number of rotatable bonds is 4. The molecule has 6 heteroatoms. The van der Waals surface area contributed by atoms with Crippen LogP contribution in [0.15, 0.2) is 20.4 Å². The van der Waals surface area contributed by atoms with E-state index in [-0.39, 0.29) is 5.89 Å². The predicted molar refractivity (Wildman–Crippen MR) is 69.8 cm³/mol. The highest BCUT2D eigenvalue weighted by Gasteiger charge is 2.29. The van der Waals surface area contributed by atoms with Crippen molar-refractivity contribution in [3.63, 3.8) is 0 Å². The quantitative estimate of drug-likeness (QED) is 0.936. The Morgan fingerprint density at radius 3 is 2.88 bits per heavy atom. The molecule has 17 heavy (non-hydrogen) atoms. The molecule has 2 heterocycles. The standard InChI is InChI=1S/C11H13BrN2O2S/c1-3-6-11(2,15)10-13-9(14-16-10)7-4-5-8(12)17-7/h4-5,15H,3,6H2,1-2H3/t11-/m1/s1. The summed E-state index contributed by atoms with van der Waals surface area (Å²) in [4.78, 5) is 5.16. The Labute approximate surface area is 112 Å². The van der Waals surface area contributed by atoms with Crippen LogP contribution < -0.4 is 0 Å². The Morgan fingerprint density at radius 1 is 1.53 bits per heavy atom. The fourth-order valence-corrected chi connectivity index (χ4v) is 2.88. The van der Waals surface area contributed by atoms with Crippen LogP contribution in [0.5, 0.6) is 0 Å². The molecule has 0 aliphatic heterocycles. The van der Waals surface area contributed by atoms with Crippen molar-refractivity contribution in [3.8, 4) is 10.7 Å². The third-order valence-corrected chi connectivity index (χ3v) is 4.04. The average Bonchev–Trinajstić information content (AvgIpc) is 2.85. The van der Waals surface area contributed by atoms with Crippen molar-refractivity contribution >= 4 is 27.3 Å². The molecule has 0 aromatic carbocycles. The first kappa shape index (κ1) is 12.7. The number of aromatic nitrogens is 2. The molecule has 0 bridgehead atoms. The van der Waals surface area contributed by atoms with E-state index in [0.29, 0.717) is 12.2 Å². The summed E-state index contributed by atoms with van der Waals surface area (Å²) in [6.07, 6.45) is 1.46. The first-order valence-corrected chi connectivity index (χ1v) is 6.96. The largest absolute Gasteiger partial charge is 0.380 e. The monoisotopic (exact) mass is 316 g/mol. The van der Waals surface area contributed by atoms with Crippen molar-refractivity contribution in [2.24, 2.45) is 0 Å². The molecule has 0 saturated carbocycles. The van der Waals surface area contributed by atoms with E-state index in [1.807, 2.05) is 19.1 Å². The van der Waals surface area contributed by atoms with Gasteiger partial charge in [-0.2, -0.15) is 4.98 Å². The molecule has 4 nitrogen and oxygen atoms in total. The summed E-state index contributed by atoms with van der Waals surface area (Å²) in [7, 11) is 0. The third kappa shape index (κ3) is 2.75. The summed E-state index contributed by atoms with van der Waals surface area (Å²) in [5.74, 6) is 0.797. The highest BCUT2D eigenvalue weighted by molar-refractivity contribution is 9.11. The average molecular weight is 317 g/mol. The molecular weight excluding hydrogens is 304 g/mol. The number of hydrogen-bond donors (Lipinski definition) is 1. The van der Waals surface area contributed by atoms with Gasteiger partial charge >= 0.3 is 0 Å². The van der Waals surface area contributed by atoms with Crippen LogP contribution in [-0.4, -0.2) is 15.2 Å². The molecule has 0 fully saturated rings. The molecule has 0 aliphatic rings. The van der Waals surface area contributed by atoms with E-state index >= 15 is 0 Å². The SMILES string of the molecule is CCC[C@@](C)(O)c1nc(-c2ccc(Br)s2)no1. The Hall–Kier alpha value is -0.720. The number of aliphatic hydroxyl groups is 1. The van der Waals surface area contributed by atoms with Crippen LogP contribution in [0.3, 0.4) is 0 Å². The zero-order chi connectivity index (χ0) is 12.5. The number of nitrogens with zero attached hydrogens (tertiary/aromatic N) is 2. The van der Waals surface area contributed by atoms with Gasteiger partial charge in [-0.25, -0.2) is 0 Å². The van der Waals surface area contributed by atoms with Gasteiger partial charge in [0, 0.05) is 0 Å². The minimum absolute atomic E-state index is 0.277. The number of halogens is 1. The van der Waals surface area contributed by atoms with Gasteiger partial charge in [-0.3, -0.25) is 0 Å². The Bertz CT molecular complexity index is 507. The maximum Gasteiger partial charge on any atom is 0.258 e. The summed E-state index contributed by atoms with van der Waals surface area (Å²) in [6.45, 7) is 3.69. The van der Waals surface area contributed by atoms with Crippen LogP contribution in [0.4, 0.5) is 0 Å². The van der Waals surface area contributed by atoms with Gasteiger partial charge in [0.25, 0.3) is 5.89 Å². The van der Waals surface area contributed by atoms with Gasteiger partial charge < -0.3 is 9.63 Å². The first-order chi connectivity index (χ1) is 8.03. The van der Waals surface area contributed by atoms with Crippen LogP contribution in [-0.2, 0) is 5.60 Å². The normalized spacial score (nSPS) is 14.8. The van der Waals surface area contributed by atoms with Gasteiger partial charge in [0.1, 0.15) is 5.60 Å². The van der Waals surface area contributed by atoms with Crippen molar-refractivity contribution in [3.05, 3.63) is 21.8 Å². The van der Waals surface area contributed by atoms with Crippen molar-refractivity contribution in [2.45, 2.75) is 32.3 Å². The zero-order valence-electron chi connectivity index (χ0n) is 9.61. The van der Waals surface area contributed by atoms with E-state index in [4.69, 9.17) is 4.52 Å². The highest BCUT2D eigenvalue weighted by Crippen LogP contribution is 2.31. The van der Waals surface area contributed by atoms with E-state index in [1.165, 1.54) is 11.3 Å². The van der Waals surface area contributed by atoms with E-state index in [2.05, 4.69) is 26.1 Å². The number of thiophene rings is 1. The first-order valence-electron chi connectivity index (χ1n) is 5.35.